The Morgan fingerprint density at radius 2 is 2.00 bits per heavy atom. The van der Waals surface area contributed by atoms with E-state index in [1.165, 1.54) is 0 Å². The maximum atomic E-state index is 9.68. The van der Waals surface area contributed by atoms with Gasteiger partial charge in [-0.3, -0.25) is 0 Å². The molecule has 5 nitrogen and oxygen atoms in total. The molecule has 0 radical (unpaired) electrons. The lowest BCUT2D eigenvalue weighted by atomic mass is 10.1. The number of hydrogen-bond acceptors (Lipinski definition) is 5. The average molecular weight is 240 g/mol. The summed E-state index contributed by atoms with van der Waals surface area (Å²) in [5, 5.41) is 28.5. The SMILES string of the molecule is Cc1cccc(O[C@@H]2OC[C@H](O)[C@@H](O)[C@@H]2O)c1. The smallest absolute Gasteiger partial charge is 0.228 e. The van der Waals surface area contributed by atoms with E-state index >= 15 is 0 Å². The Hall–Kier alpha value is -1.14. The van der Waals surface area contributed by atoms with Crippen molar-refractivity contribution in [1.82, 2.24) is 0 Å². The van der Waals surface area contributed by atoms with Gasteiger partial charge in [0.2, 0.25) is 6.29 Å². The molecule has 1 aliphatic heterocycles. The fraction of sp³-hybridized carbons (Fsp3) is 0.500. The summed E-state index contributed by atoms with van der Waals surface area (Å²) in [6.07, 6.45) is -4.56. The second-order valence-electron chi connectivity index (χ2n) is 4.18. The Balaban J connectivity index is 2.04. The van der Waals surface area contributed by atoms with Gasteiger partial charge >= 0.3 is 0 Å². The number of benzene rings is 1. The summed E-state index contributed by atoms with van der Waals surface area (Å²) in [4.78, 5) is 0. The minimum atomic E-state index is -1.26. The first kappa shape index (κ1) is 12.3. The van der Waals surface area contributed by atoms with Crippen LogP contribution in [0.3, 0.4) is 0 Å². The van der Waals surface area contributed by atoms with Gasteiger partial charge in [-0.2, -0.15) is 0 Å². The van der Waals surface area contributed by atoms with Crippen LogP contribution >= 0.6 is 0 Å². The molecular weight excluding hydrogens is 224 g/mol. The molecule has 2 rings (SSSR count). The van der Waals surface area contributed by atoms with E-state index in [1.54, 1.807) is 12.1 Å². The molecule has 1 fully saturated rings. The molecule has 5 heteroatoms. The molecule has 1 heterocycles. The minimum Gasteiger partial charge on any atom is -0.462 e. The first-order valence-corrected chi connectivity index (χ1v) is 5.47. The fourth-order valence-electron chi connectivity index (χ4n) is 1.71. The highest BCUT2D eigenvalue weighted by Crippen LogP contribution is 2.21. The molecule has 1 aliphatic rings. The third-order valence-electron chi connectivity index (χ3n) is 2.70. The number of ether oxygens (including phenoxy) is 2. The Morgan fingerprint density at radius 1 is 1.24 bits per heavy atom. The molecule has 0 bridgehead atoms. The summed E-state index contributed by atoms with van der Waals surface area (Å²) in [5.41, 5.74) is 1.02. The molecule has 1 aromatic carbocycles. The second kappa shape index (κ2) is 5.01. The normalized spacial score (nSPS) is 33.4. The summed E-state index contributed by atoms with van der Waals surface area (Å²) in [7, 11) is 0. The van der Waals surface area contributed by atoms with Crippen LogP contribution in [-0.4, -0.2) is 46.5 Å². The lowest BCUT2D eigenvalue weighted by Gasteiger charge is -2.34. The van der Waals surface area contributed by atoms with Gasteiger partial charge in [-0.25, -0.2) is 0 Å². The molecule has 94 valence electrons. The zero-order chi connectivity index (χ0) is 12.4. The van der Waals surface area contributed by atoms with Gasteiger partial charge in [0.25, 0.3) is 0 Å². The quantitative estimate of drug-likeness (QED) is 0.668. The van der Waals surface area contributed by atoms with Crippen LogP contribution in [0.25, 0.3) is 0 Å². The number of rotatable bonds is 2. The van der Waals surface area contributed by atoms with Crippen molar-refractivity contribution >= 4 is 0 Å². The van der Waals surface area contributed by atoms with E-state index in [0.29, 0.717) is 5.75 Å². The van der Waals surface area contributed by atoms with Crippen molar-refractivity contribution in [3.05, 3.63) is 29.8 Å². The van der Waals surface area contributed by atoms with Crippen molar-refractivity contribution in [2.45, 2.75) is 31.5 Å². The van der Waals surface area contributed by atoms with E-state index in [2.05, 4.69) is 0 Å². The topological polar surface area (TPSA) is 79.2 Å². The monoisotopic (exact) mass is 240 g/mol. The molecular formula is C12H16O5. The summed E-state index contributed by atoms with van der Waals surface area (Å²) in [6.45, 7) is 1.86. The van der Waals surface area contributed by atoms with E-state index in [4.69, 9.17) is 9.47 Å². The Kier molecular flexibility index (Phi) is 3.63. The molecule has 0 saturated carbocycles. The molecule has 0 spiro atoms. The van der Waals surface area contributed by atoms with Crippen molar-refractivity contribution in [1.29, 1.82) is 0 Å². The zero-order valence-electron chi connectivity index (χ0n) is 9.48. The number of hydrogen-bond donors (Lipinski definition) is 3. The molecule has 0 aliphatic carbocycles. The number of aryl methyl sites for hydroxylation is 1. The zero-order valence-corrected chi connectivity index (χ0v) is 9.48. The molecule has 0 unspecified atom stereocenters. The van der Waals surface area contributed by atoms with Gasteiger partial charge in [0.15, 0.2) is 0 Å². The van der Waals surface area contributed by atoms with Crippen molar-refractivity contribution in [2.75, 3.05) is 6.61 Å². The average Bonchev–Trinajstić information content (AvgIpc) is 2.30. The van der Waals surface area contributed by atoms with Crippen LogP contribution in [0.1, 0.15) is 5.56 Å². The Bertz CT molecular complexity index is 381. The highest BCUT2D eigenvalue weighted by Gasteiger charge is 2.38. The van der Waals surface area contributed by atoms with E-state index in [-0.39, 0.29) is 6.61 Å². The van der Waals surface area contributed by atoms with Crippen LogP contribution < -0.4 is 4.74 Å². The highest BCUT2D eigenvalue weighted by atomic mass is 16.7. The van der Waals surface area contributed by atoms with Crippen LogP contribution in [0.2, 0.25) is 0 Å². The molecule has 0 aromatic heterocycles. The van der Waals surface area contributed by atoms with Gasteiger partial charge < -0.3 is 24.8 Å². The molecule has 0 amide bonds. The first-order valence-electron chi connectivity index (χ1n) is 5.47. The van der Waals surface area contributed by atoms with Crippen molar-refractivity contribution < 1.29 is 24.8 Å². The minimum absolute atomic E-state index is 0.0608. The summed E-state index contributed by atoms with van der Waals surface area (Å²) >= 11 is 0. The number of aliphatic hydroxyl groups excluding tert-OH is 3. The van der Waals surface area contributed by atoms with Gasteiger partial charge in [-0.15, -0.1) is 0 Å². The van der Waals surface area contributed by atoms with Gasteiger partial charge in [0, 0.05) is 0 Å². The predicted octanol–water partition coefficient (Wildman–Crippen LogP) is -0.187. The van der Waals surface area contributed by atoms with Crippen molar-refractivity contribution in [3.8, 4) is 5.75 Å². The van der Waals surface area contributed by atoms with Crippen molar-refractivity contribution in [2.24, 2.45) is 0 Å². The van der Waals surface area contributed by atoms with Crippen LogP contribution in [0.4, 0.5) is 0 Å². The molecule has 1 aromatic rings. The van der Waals surface area contributed by atoms with Crippen LogP contribution in [0.5, 0.6) is 5.75 Å². The lowest BCUT2D eigenvalue weighted by Crippen LogP contribution is -2.54. The molecule has 4 atom stereocenters. The van der Waals surface area contributed by atoms with Crippen LogP contribution in [-0.2, 0) is 4.74 Å². The maximum Gasteiger partial charge on any atom is 0.228 e. The summed E-state index contributed by atoms with van der Waals surface area (Å²) in [5.74, 6) is 0.553. The highest BCUT2D eigenvalue weighted by molar-refractivity contribution is 5.27. The van der Waals surface area contributed by atoms with Crippen LogP contribution in [0, 0.1) is 6.92 Å². The van der Waals surface area contributed by atoms with E-state index in [0.717, 1.165) is 5.56 Å². The lowest BCUT2D eigenvalue weighted by molar-refractivity contribution is -0.242. The Labute approximate surface area is 99.2 Å². The maximum absolute atomic E-state index is 9.68. The summed E-state index contributed by atoms with van der Waals surface area (Å²) in [6, 6.07) is 7.28. The van der Waals surface area contributed by atoms with E-state index in [9.17, 15) is 15.3 Å². The number of aliphatic hydroxyl groups is 3. The summed E-state index contributed by atoms with van der Waals surface area (Å²) < 4.78 is 10.6. The van der Waals surface area contributed by atoms with E-state index in [1.807, 2.05) is 19.1 Å². The van der Waals surface area contributed by atoms with Gasteiger partial charge in [0.05, 0.1) is 6.61 Å². The first-order chi connectivity index (χ1) is 8.08. The third kappa shape index (κ3) is 2.76. The molecule has 17 heavy (non-hydrogen) atoms. The largest absolute Gasteiger partial charge is 0.462 e. The molecule has 3 N–H and O–H groups in total. The van der Waals surface area contributed by atoms with Gasteiger partial charge in [-0.1, -0.05) is 12.1 Å². The second-order valence-corrected chi connectivity index (χ2v) is 4.18. The van der Waals surface area contributed by atoms with Crippen LogP contribution in [0.15, 0.2) is 24.3 Å². The van der Waals surface area contributed by atoms with Gasteiger partial charge in [0.1, 0.15) is 24.1 Å². The predicted molar refractivity (Wildman–Crippen MR) is 59.6 cm³/mol. The Morgan fingerprint density at radius 3 is 2.71 bits per heavy atom. The van der Waals surface area contributed by atoms with Crippen molar-refractivity contribution in [3.63, 3.8) is 0 Å². The fourth-order valence-corrected chi connectivity index (χ4v) is 1.71. The molecule has 1 saturated heterocycles. The standard InChI is InChI=1S/C12H16O5/c1-7-3-2-4-8(5-7)17-12-11(15)10(14)9(13)6-16-12/h2-5,9-15H,6H2,1H3/t9-,10+,11-,12-/m0/s1. The van der Waals surface area contributed by atoms with Gasteiger partial charge in [-0.05, 0) is 24.6 Å². The van der Waals surface area contributed by atoms with E-state index < -0.39 is 24.6 Å². The third-order valence-corrected chi connectivity index (χ3v) is 2.70.